The number of benzene rings is 1. The molecule has 1 amide bonds. The van der Waals surface area contributed by atoms with Crippen LogP contribution in [0.15, 0.2) is 58.8 Å². The molecule has 0 aliphatic carbocycles. The first-order chi connectivity index (χ1) is 13.8. The lowest BCUT2D eigenvalue weighted by Gasteiger charge is -2.28. The molecule has 29 heavy (non-hydrogen) atoms. The van der Waals surface area contributed by atoms with Gasteiger partial charge in [-0.2, -0.15) is 9.40 Å². The third-order valence-corrected chi connectivity index (χ3v) is 7.38. The van der Waals surface area contributed by atoms with Gasteiger partial charge in [0.1, 0.15) is 0 Å². The molecule has 1 atom stereocenters. The Morgan fingerprint density at radius 2 is 1.62 bits per heavy atom. The van der Waals surface area contributed by atoms with Crippen molar-refractivity contribution in [3.63, 3.8) is 0 Å². The highest BCUT2D eigenvalue weighted by atomic mass is 32.2. The summed E-state index contributed by atoms with van der Waals surface area (Å²) in [6.07, 6.45) is 1.63. The van der Waals surface area contributed by atoms with Crippen molar-refractivity contribution in [3.8, 4) is 0 Å². The fourth-order valence-electron chi connectivity index (χ4n) is 4.20. The fourth-order valence-corrected chi connectivity index (χ4v) is 5.59. The maximum absolute atomic E-state index is 13.3. The van der Waals surface area contributed by atoms with Gasteiger partial charge in [-0.05, 0) is 28.7 Å². The third-order valence-electron chi connectivity index (χ3n) is 5.69. The summed E-state index contributed by atoms with van der Waals surface area (Å²) >= 11 is 0. The zero-order valence-corrected chi connectivity index (χ0v) is 17.8. The normalized spacial score (nSPS) is 18.6. The van der Waals surface area contributed by atoms with Crippen LogP contribution in [-0.4, -0.2) is 59.5 Å². The minimum atomic E-state index is -3.61. The number of carbonyl (C=O) groups is 1. The molecule has 0 radical (unpaired) electrons. The first kappa shape index (κ1) is 19.8. The lowest BCUT2D eigenvalue weighted by molar-refractivity contribution is -0.132. The highest BCUT2D eigenvalue weighted by molar-refractivity contribution is 7.89. The van der Waals surface area contributed by atoms with E-state index >= 15 is 0 Å². The van der Waals surface area contributed by atoms with Crippen LogP contribution >= 0.6 is 0 Å². The summed E-state index contributed by atoms with van der Waals surface area (Å²) in [4.78, 5) is 15.1. The van der Waals surface area contributed by atoms with Crippen molar-refractivity contribution in [3.05, 3.63) is 59.3 Å². The van der Waals surface area contributed by atoms with Crippen LogP contribution in [0.2, 0.25) is 0 Å². The van der Waals surface area contributed by atoms with E-state index in [2.05, 4.69) is 18.9 Å². The molecule has 2 aromatic rings. The summed E-state index contributed by atoms with van der Waals surface area (Å²) in [5, 5.41) is 4.11. The van der Waals surface area contributed by atoms with Gasteiger partial charge in [-0.3, -0.25) is 9.48 Å². The maximum Gasteiger partial charge on any atom is 0.262 e. The van der Waals surface area contributed by atoms with Crippen molar-refractivity contribution in [2.45, 2.75) is 24.8 Å². The second kappa shape index (κ2) is 7.42. The lowest BCUT2D eigenvalue weighted by atomic mass is 9.87. The quantitative estimate of drug-likeness (QED) is 0.702. The van der Waals surface area contributed by atoms with Crippen LogP contribution in [0.1, 0.15) is 25.3 Å². The Balaban J connectivity index is 1.46. The van der Waals surface area contributed by atoms with Gasteiger partial charge in [-0.1, -0.05) is 44.2 Å². The summed E-state index contributed by atoms with van der Waals surface area (Å²) in [7, 11) is -1.92. The molecule has 3 heterocycles. The molecule has 0 saturated heterocycles. The standard InChI is InChI=1S/C21H26N4O3S/c1-15(2)20(16-7-5-4-6-8-16)21(26)24-11-17-13-25(14-18(17)12-24)29(27,28)19-9-10-23(3)22-19/h4-10,15,20H,11-14H2,1-3H3. The zero-order valence-electron chi connectivity index (χ0n) is 16.9. The first-order valence-electron chi connectivity index (χ1n) is 9.80. The van der Waals surface area contributed by atoms with Gasteiger partial charge >= 0.3 is 0 Å². The maximum atomic E-state index is 13.3. The molecule has 0 N–H and O–H groups in total. The van der Waals surface area contributed by atoms with Crippen LogP contribution in [-0.2, 0) is 21.9 Å². The van der Waals surface area contributed by atoms with Crippen molar-refractivity contribution in [2.24, 2.45) is 13.0 Å². The van der Waals surface area contributed by atoms with Gasteiger partial charge < -0.3 is 4.90 Å². The van der Waals surface area contributed by atoms with Crippen molar-refractivity contribution in [2.75, 3.05) is 26.2 Å². The highest BCUT2D eigenvalue weighted by Gasteiger charge is 2.40. The van der Waals surface area contributed by atoms with E-state index in [4.69, 9.17) is 0 Å². The number of hydrogen-bond acceptors (Lipinski definition) is 4. The number of aromatic nitrogens is 2. The summed E-state index contributed by atoms with van der Waals surface area (Å²) in [6.45, 7) is 5.78. The molecular formula is C21H26N4O3S. The number of rotatable bonds is 5. The first-order valence-corrected chi connectivity index (χ1v) is 11.2. The van der Waals surface area contributed by atoms with Crippen LogP contribution in [0.25, 0.3) is 0 Å². The summed E-state index contributed by atoms with van der Waals surface area (Å²) < 4.78 is 28.6. The molecule has 0 saturated carbocycles. The SMILES string of the molecule is CC(C)C(C(=O)N1CC2=C(C1)CN(S(=O)(=O)c1ccn(C)n1)C2)c1ccccc1. The monoisotopic (exact) mass is 414 g/mol. The average Bonchev–Trinajstić information content (AvgIpc) is 3.37. The number of amides is 1. The van der Waals surface area contributed by atoms with E-state index in [1.807, 2.05) is 35.2 Å². The van der Waals surface area contributed by atoms with E-state index in [9.17, 15) is 13.2 Å². The average molecular weight is 415 g/mol. The Labute approximate surface area is 171 Å². The minimum absolute atomic E-state index is 0.0676. The second-order valence-electron chi connectivity index (χ2n) is 8.13. The van der Waals surface area contributed by atoms with Crippen LogP contribution in [0.5, 0.6) is 0 Å². The third kappa shape index (κ3) is 3.62. The van der Waals surface area contributed by atoms with E-state index < -0.39 is 10.0 Å². The van der Waals surface area contributed by atoms with Crippen LogP contribution in [0, 0.1) is 5.92 Å². The predicted octanol–water partition coefficient (Wildman–Crippen LogP) is 2.00. The Morgan fingerprint density at radius 1 is 1.00 bits per heavy atom. The number of nitrogens with zero attached hydrogens (tertiary/aromatic N) is 4. The predicted molar refractivity (Wildman–Crippen MR) is 110 cm³/mol. The number of aryl methyl sites for hydroxylation is 1. The lowest BCUT2D eigenvalue weighted by Crippen LogP contribution is -2.39. The van der Waals surface area contributed by atoms with E-state index in [0.29, 0.717) is 26.2 Å². The van der Waals surface area contributed by atoms with Crippen LogP contribution in [0.4, 0.5) is 0 Å². The fraction of sp³-hybridized carbons (Fsp3) is 0.429. The van der Waals surface area contributed by atoms with E-state index in [1.54, 1.807) is 13.2 Å². The molecule has 7 nitrogen and oxygen atoms in total. The molecule has 0 spiro atoms. The van der Waals surface area contributed by atoms with E-state index in [0.717, 1.165) is 16.7 Å². The Kier molecular flexibility index (Phi) is 5.08. The van der Waals surface area contributed by atoms with Gasteiger partial charge in [0.25, 0.3) is 10.0 Å². The number of sulfonamides is 1. The van der Waals surface area contributed by atoms with Crippen molar-refractivity contribution >= 4 is 15.9 Å². The summed E-state index contributed by atoms with van der Waals surface area (Å²) in [5.74, 6) is 0.102. The molecular weight excluding hydrogens is 388 g/mol. The van der Waals surface area contributed by atoms with Crippen LogP contribution < -0.4 is 0 Å². The molecule has 0 bridgehead atoms. The van der Waals surface area contributed by atoms with Crippen LogP contribution in [0.3, 0.4) is 0 Å². The Hall–Kier alpha value is -2.45. The largest absolute Gasteiger partial charge is 0.334 e. The molecule has 4 rings (SSSR count). The van der Waals surface area contributed by atoms with Gasteiger partial charge in [0.15, 0.2) is 5.03 Å². The zero-order chi connectivity index (χ0) is 20.8. The topological polar surface area (TPSA) is 75.5 Å². The number of carbonyl (C=O) groups excluding carboxylic acids is 1. The van der Waals surface area contributed by atoms with Gasteiger partial charge in [0.05, 0.1) is 5.92 Å². The van der Waals surface area contributed by atoms with E-state index in [-0.39, 0.29) is 22.8 Å². The Morgan fingerprint density at radius 3 is 2.14 bits per heavy atom. The molecule has 1 unspecified atom stereocenters. The molecule has 2 aliphatic rings. The molecule has 0 fully saturated rings. The van der Waals surface area contributed by atoms with Crippen molar-refractivity contribution in [1.82, 2.24) is 19.0 Å². The van der Waals surface area contributed by atoms with Crippen molar-refractivity contribution < 1.29 is 13.2 Å². The van der Waals surface area contributed by atoms with Gasteiger partial charge in [-0.15, -0.1) is 0 Å². The highest BCUT2D eigenvalue weighted by Crippen LogP contribution is 2.33. The van der Waals surface area contributed by atoms with Crippen molar-refractivity contribution in [1.29, 1.82) is 0 Å². The second-order valence-corrected chi connectivity index (χ2v) is 10.0. The molecule has 2 aliphatic heterocycles. The summed E-state index contributed by atoms with van der Waals surface area (Å²) in [5.41, 5.74) is 3.10. The molecule has 1 aromatic carbocycles. The number of hydrogen-bond donors (Lipinski definition) is 0. The smallest absolute Gasteiger partial charge is 0.262 e. The Bertz CT molecular complexity index is 1040. The van der Waals surface area contributed by atoms with Gasteiger partial charge in [0.2, 0.25) is 5.91 Å². The van der Waals surface area contributed by atoms with E-state index in [1.165, 1.54) is 15.1 Å². The molecule has 154 valence electrons. The van der Waals surface area contributed by atoms with Gasteiger partial charge in [-0.25, -0.2) is 8.42 Å². The molecule has 1 aromatic heterocycles. The molecule has 8 heteroatoms. The minimum Gasteiger partial charge on any atom is -0.334 e. The summed E-state index contributed by atoms with van der Waals surface area (Å²) in [6, 6.07) is 11.4. The van der Waals surface area contributed by atoms with Gasteiger partial charge in [0, 0.05) is 39.4 Å².